The molecule has 4 fully saturated rings. The lowest BCUT2D eigenvalue weighted by Crippen LogP contribution is -2.54. The Balaban J connectivity index is 0.650. The molecular weight excluding hydrogens is 939 g/mol. The molecule has 0 spiro atoms. The maximum atomic E-state index is 14.2. The number of aromatic hydroxyl groups is 1. The van der Waals surface area contributed by atoms with Crippen molar-refractivity contribution in [2.24, 2.45) is 13.0 Å². The first-order valence-corrected chi connectivity index (χ1v) is 26.2. The zero-order chi connectivity index (χ0) is 51.5. The molecule has 19 nitrogen and oxygen atoms in total. The highest BCUT2D eigenvalue weighted by Crippen LogP contribution is 2.40. The fourth-order valence-electron chi connectivity index (χ4n) is 11.4. The largest absolute Gasteiger partial charge is 0.507 e. The molecule has 5 unspecified atom stereocenters. The van der Waals surface area contributed by atoms with Gasteiger partial charge in [0.1, 0.15) is 30.9 Å². The van der Waals surface area contributed by atoms with Gasteiger partial charge in [0, 0.05) is 113 Å². The number of fused-ring (bicyclic) bond motifs is 2. The van der Waals surface area contributed by atoms with E-state index < -0.39 is 12.0 Å². The second-order valence-electron chi connectivity index (χ2n) is 20.6. The van der Waals surface area contributed by atoms with Crippen LogP contribution in [0.4, 0.5) is 17.2 Å². The van der Waals surface area contributed by atoms with Crippen LogP contribution >= 0.6 is 0 Å². The van der Waals surface area contributed by atoms with E-state index in [4.69, 9.17) is 19.7 Å². The summed E-state index contributed by atoms with van der Waals surface area (Å²) >= 11 is 0. The quantitative estimate of drug-likeness (QED) is 0.0893. The first kappa shape index (κ1) is 50.3. The van der Waals surface area contributed by atoms with Gasteiger partial charge < -0.3 is 44.9 Å². The molecular formula is C55H69N13O6. The molecule has 10 rings (SSSR count). The first-order chi connectivity index (χ1) is 35.9. The molecule has 19 heteroatoms. The summed E-state index contributed by atoms with van der Waals surface area (Å²) in [5.74, 6) is 0.972. The summed E-state index contributed by atoms with van der Waals surface area (Å²) in [5, 5.41) is 30.7. The van der Waals surface area contributed by atoms with Gasteiger partial charge in [-0.1, -0.05) is 50.2 Å². The van der Waals surface area contributed by atoms with Crippen LogP contribution in [0.3, 0.4) is 0 Å². The number of nitrogens with two attached hydrogens (primary N) is 1. The maximum absolute atomic E-state index is 14.2. The van der Waals surface area contributed by atoms with Crippen LogP contribution in [0.5, 0.6) is 17.5 Å². The average Bonchev–Trinajstić information content (AvgIpc) is 4.21. The van der Waals surface area contributed by atoms with Crippen molar-refractivity contribution in [3.63, 3.8) is 0 Å². The van der Waals surface area contributed by atoms with Crippen LogP contribution in [0.15, 0.2) is 89.7 Å². The van der Waals surface area contributed by atoms with Crippen molar-refractivity contribution in [1.29, 1.82) is 0 Å². The highest BCUT2D eigenvalue weighted by atomic mass is 16.5. The van der Waals surface area contributed by atoms with E-state index in [1.54, 1.807) is 23.1 Å². The van der Waals surface area contributed by atoms with Crippen LogP contribution < -0.4 is 30.3 Å². The van der Waals surface area contributed by atoms with Gasteiger partial charge in [-0.05, 0) is 86.0 Å². The Bertz CT molecular complexity index is 2870. The molecule has 2 amide bonds. The molecule has 4 N–H and O–H groups in total. The maximum Gasteiger partial charge on any atom is 0.254 e. The van der Waals surface area contributed by atoms with Crippen LogP contribution in [0.1, 0.15) is 75.3 Å². The van der Waals surface area contributed by atoms with E-state index in [0.29, 0.717) is 72.9 Å². The van der Waals surface area contributed by atoms with Crippen LogP contribution in [-0.4, -0.2) is 152 Å². The number of benzene rings is 2. The van der Waals surface area contributed by atoms with Gasteiger partial charge in [0.25, 0.3) is 5.88 Å². The third-order valence-corrected chi connectivity index (χ3v) is 15.3. The van der Waals surface area contributed by atoms with E-state index in [9.17, 15) is 14.7 Å². The molecule has 74 heavy (non-hydrogen) atoms. The Morgan fingerprint density at radius 2 is 1.57 bits per heavy atom. The number of para-hydroxylation sites is 1. The standard InChI is InChI=1S/C55H69N13O6/c1-35(2)51(55(71)67-20-8-10-45(67)54(70)59-37(4)38-12-14-39(15-13-38)52-36(3)32-58-63(52)5)48-31-50(62-74-48)73-28-26-65-23-21-64(22-24-65)25-27-72-49-29-40(18-19-57-49)68-41-16-17-42(68)34-66(33-41)46-30-44(60-61-53(46)56)43-9-6-7-11-47(43)69/h6-7,9,11-15,18-19,29-32,35,37,41-42,45,51,69H,8,10,16-17,20-28,33-34H2,1-5H3,(H2,56,61)(H,59,70). The van der Waals surface area contributed by atoms with E-state index >= 15 is 0 Å². The van der Waals surface area contributed by atoms with Crippen molar-refractivity contribution in [1.82, 2.24) is 50.1 Å². The smallest absolute Gasteiger partial charge is 0.254 e. The van der Waals surface area contributed by atoms with Gasteiger partial charge in [-0.15, -0.1) is 10.2 Å². The van der Waals surface area contributed by atoms with Crippen molar-refractivity contribution in [3.05, 3.63) is 102 Å². The number of hydrogen-bond acceptors (Lipinski definition) is 16. The van der Waals surface area contributed by atoms with E-state index in [1.165, 1.54) is 0 Å². The first-order valence-electron chi connectivity index (χ1n) is 26.2. The summed E-state index contributed by atoms with van der Waals surface area (Å²) < 4.78 is 20.0. The Hall–Kier alpha value is -7.25. The lowest BCUT2D eigenvalue weighted by molar-refractivity contribution is -0.141. The number of likely N-dealkylation sites (tertiary alicyclic amines) is 1. The number of nitrogen functional groups attached to an aromatic ring is 1. The predicted octanol–water partition coefficient (Wildman–Crippen LogP) is 6.06. The zero-order valence-electron chi connectivity index (χ0n) is 43.1. The SMILES string of the molecule is Cc1cnn(C)c1-c1ccc(C(C)NC(=O)C2CCCN2C(=O)C(c2cc(OCCN3CCN(CCOc4cc(N5C6CCC5CN(c5cc(-c7ccccc7O)nnc5N)C6)ccn4)CC3)no2)C(C)C)cc1. The topological polar surface area (TPSA) is 210 Å². The number of aryl methyl sites for hydroxylation is 2. The second kappa shape index (κ2) is 22.1. The third kappa shape index (κ3) is 10.8. The third-order valence-electron chi connectivity index (χ3n) is 15.3. The summed E-state index contributed by atoms with van der Waals surface area (Å²) in [5.41, 5.74) is 13.8. The molecule has 0 aliphatic carbocycles. The monoisotopic (exact) mass is 1010 g/mol. The molecule has 4 aliphatic rings. The Morgan fingerprint density at radius 1 is 0.865 bits per heavy atom. The van der Waals surface area contributed by atoms with Gasteiger partial charge in [-0.3, -0.25) is 24.1 Å². The van der Waals surface area contributed by atoms with Crippen LogP contribution in [0.25, 0.3) is 22.5 Å². The summed E-state index contributed by atoms with van der Waals surface area (Å²) in [6.07, 6.45) is 7.18. The number of ether oxygens (including phenoxy) is 2. The number of phenolic OH excluding ortho intramolecular Hbond substituents is 1. The molecule has 8 heterocycles. The van der Waals surface area contributed by atoms with Crippen LogP contribution in [0.2, 0.25) is 0 Å². The number of phenols is 1. The number of piperazine rings is 2. The number of pyridine rings is 1. The van der Waals surface area contributed by atoms with Gasteiger partial charge in [0.2, 0.25) is 17.7 Å². The number of amides is 2. The van der Waals surface area contributed by atoms with Crippen molar-refractivity contribution in [2.45, 2.75) is 83.5 Å². The lowest BCUT2D eigenvalue weighted by atomic mass is 9.91. The van der Waals surface area contributed by atoms with E-state index in [-0.39, 0.29) is 29.5 Å². The van der Waals surface area contributed by atoms with Crippen LogP contribution in [-0.2, 0) is 16.6 Å². The Labute approximate surface area is 432 Å². The van der Waals surface area contributed by atoms with Crippen molar-refractivity contribution in [2.75, 3.05) is 87.7 Å². The molecule has 4 aliphatic heterocycles. The molecule has 2 bridgehead atoms. The van der Waals surface area contributed by atoms with Crippen molar-refractivity contribution in [3.8, 4) is 40.0 Å². The Kier molecular flexibility index (Phi) is 15.0. The molecule has 5 atom stereocenters. The predicted molar refractivity (Wildman–Crippen MR) is 282 cm³/mol. The normalized spacial score (nSPS) is 20.0. The number of carbonyl (C=O) groups is 2. The van der Waals surface area contributed by atoms with Gasteiger partial charge in [0.05, 0.1) is 29.3 Å². The van der Waals surface area contributed by atoms with Gasteiger partial charge >= 0.3 is 0 Å². The van der Waals surface area contributed by atoms with Crippen molar-refractivity contribution >= 4 is 29.0 Å². The molecule has 4 saturated heterocycles. The zero-order valence-corrected chi connectivity index (χ0v) is 43.1. The highest BCUT2D eigenvalue weighted by Gasteiger charge is 2.42. The molecule has 4 aromatic heterocycles. The summed E-state index contributed by atoms with van der Waals surface area (Å²) in [7, 11) is 1.93. The molecule has 0 saturated carbocycles. The lowest BCUT2D eigenvalue weighted by Gasteiger charge is -2.43. The number of nitrogens with zero attached hydrogens (tertiary/aromatic N) is 11. The van der Waals surface area contributed by atoms with Gasteiger partial charge in [-0.25, -0.2) is 4.98 Å². The number of nitrogens with one attached hydrogen (secondary N) is 1. The second-order valence-corrected chi connectivity index (χ2v) is 20.6. The number of aromatic nitrogens is 6. The van der Waals surface area contributed by atoms with Gasteiger partial charge in [-0.2, -0.15) is 5.10 Å². The fourth-order valence-corrected chi connectivity index (χ4v) is 11.4. The fraction of sp³-hybridized carbons (Fsp3) is 0.473. The minimum absolute atomic E-state index is 0.0923. The molecule has 0 radical (unpaired) electrons. The van der Waals surface area contributed by atoms with Crippen molar-refractivity contribution < 1.29 is 28.7 Å². The van der Waals surface area contributed by atoms with E-state index in [1.807, 2.05) is 82.1 Å². The van der Waals surface area contributed by atoms with E-state index in [0.717, 1.165) is 105 Å². The number of rotatable bonds is 18. The molecule has 390 valence electrons. The minimum atomic E-state index is -0.604. The molecule has 2 aromatic carbocycles. The average molecular weight is 1010 g/mol. The summed E-state index contributed by atoms with van der Waals surface area (Å²) in [6.45, 7) is 16.2. The van der Waals surface area contributed by atoms with Gasteiger partial charge in [0.15, 0.2) is 11.6 Å². The minimum Gasteiger partial charge on any atom is -0.507 e. The summed E-state index contributed by atoms with van der Waals surface area (Å²) in [4.78, 5) is 43.9. The number of carbonyl (C=O) groups excluding carboxylic acids is 2. The number of hydrogen-bond donors (Lipinski definition) is 3. The highest BCUT2D eigenvalue weighted by molar-refractivity contribution is 5.91. The van der Waals surface area contributed by atoms with E-state index in [2.05, 4.69) is 74.6 Å². The van der Waals surface area contributed by atoms with Crippen LogP contribution in [0, 0.1) is 12.8 Å². The summed E-state index contributed by atoms with van der Waals surface area (Å²) in [6, 6.07) is 22.9. The number of anilines is 3. The molecule has 6 aromatic rings. The Morgan fingerprint density at radius 3 is 2.24 bits per heavy atom.